The molecule has 0 aromatic carbocycles. The van der Waals surface area contributed by atoms with E-state index in [1.54, 1.807) is 27.7 Å². The molecule has 0 aliphatic heterocycles. The summed E-state index contributed by atoms with van der Waals surface area (Å²) in [6.07, 6.45) is 0. The van der Waals surface area contributed by atoms with E-state index >= 15 is 0 Å². The van der Waals surface area contributed by atoms with Crippen molar-refractivity contribution < 1.29 is 9.94 Å². The van der Waals surface area contributed by atoms with Gasteiger partial charge < -0.3 is 5.11 Å². The van der Waals surface area contributed by atoms with Gasteiger partial charge in [0.1, 0.15) is 5.60 Å². The van der Waals surface area contributed by atoms with Gasteiger partial charge >= 0.3 is 0 Å². The van der Waals surface area contributed by atoms with Crippen LogP contribution in [-0.4, -0.2) is 16.3 Å². The molecule has 0 aliphatic carbocycles. The maximum absolute atomic E-state index is 9.46. The number of hydrogen-bond acceptors (Lipinski definition) is 4. The molecule has 0 aliphatic rings. The highest BCUT2D eigenvalue weighted by Crippen LogP contribution is 2.23. The Kier molecular flexibility index (Phi) is 2.79. The van der Waals surface area contributed by atoms with Gasteiger partial charge in [0, 0.05) is 0 Å². The van der Waals surface area contributed by atoms with Crippen molar-refractivity contribution in [3.8, 4) is 0 Å². The van der Waals surface area contributed by atoms with E-state index in [1.807, 2.05) is 0 Å². The quantitative estimate of drug-likeness (QED) is 0.387. The van der Waals surface area contributed by atoms with Crippen LogP contribution in [0, 0.1) is 0 Å². The molecule has 0 radical (unpaired) electrons. The maximum atomic E-state index is 9.46. The molecule has 0 aromatic rings. The van der Waals surface area contributed by atoms with Gasteiger partial charge in [-0.05, 0) is 27.7 Å². The third-order valence-electron chi connectivity index (χ3n) is 1.79. The van der Waals surface area contributed by atoms with Crippen molar-refractivity contribution in [2.45, 2.75) is 38.9 Å². The molecule has 0 aromatic heterocycles. The summed E-state index contributed by atoms with van der Waals surface area (Å²) in [7, 11) is 0. The van der Waals surface area contributed by atoms with E-state index in [-0.39, 0.29) is 0 Å². The average Bonchev–Trinajstić information content (AvgIpc) is 1.61. The molecule has 62 valence electrons. The topological polar surface area (TPSA) is 67.5 Å². The Morgan fingerprint density at radius 1 is 1.30 bits per heavy atom. The Labute approximate surface area is 61.3 Å². The Morgan fingerprint density at radius 3 is 1.80 bits per heavy atom. The largest absolute Gasteiger partial charge is 0.387 e. The summed E-state index contributed by atoms with van der Waals surface area (Å²) in [6.45, 7) is 6.80. The number of nitrogens with one attached hydrogen (secondary N) is 1. The lowest BCUT2D eigenvalue weighted by molar-refractivity contribution is -0.183. The van der Waals surface area contributed by atoms with Crippen LogP contribution in [0.15, 0.2) is 0 Å². The minimum absolute atomic E-state index is 0.693. The second-order valence-electron chi connectivity index (χ2n) is 3.29. The van der Waals surface area contributed by atoms with Crippen LogP contribution in [0.25, 0.3) is 0 Å². The number of hydrazine groups is 1. The maximum Gasteiger partial charge on any atom is 0.114 e. The summed E-state index contributed by atoms with van der Waals surface area (Å²) in [5.74, 6) is 4.93. The summed E-state index contributed by atoms with van der Waals surface area (Å²) in [5, 5.41) is 9.46. The van der Waals surface area contributed by atoms with Crippen LogP contribution >= 0.6 is 0 Å². The third kappa shape index (κ3) is 2.22. The van der Waals surface area contributed by atoms with Crippen LogP contribution in [0.4, 0.5) is 0 Å². The Hall–Kier alpha value is -0.160. The second kappa shape index (κ2) is 2.84. The van der Waals surface area contributed by atoms with Crippen LogP contribution in [0.3, 0.4) is 0 Å². The van der Waals surface area contributed by atoms with Crippen molar-refractivity contribution in [1.29, 1.82) is 0 Å². The monoisotopic (exact) mass is 148 g/mol. The molecule has 0 saturated heterocycles. The molecule has 4 nitrogen and oxygen atoms in total. The molecule has 0 unspecified atom stereocenters. The van der Waals surface area contributed by atoms with Gasteiger partial charge in [-0.1, -0.05) is 0 Å². The van der Waals surface area contributed by atoms with Gasteiger partial charge in [0.05, 0.1) is 5.60 Å². The lowest BCUT2D eigenvalue weighted by atomic mass is 9.90. The van der Waals surface area contributed by atoms with E-state index in [2.05, 4.69) is 5.59 Å². The summed E-state index contributed by atoms with van der Waals surface area (Å²) >= 11 is 0. The fourth-order valence-corrected chi connectivity index (χ4v) is 0.272. The molecule has 0 saturated carbocycles. The summed E-state index contributed by atoms with van der Waals surface area (Å²) in [4.78, 5) is 4.87. The highest BCUT2D eigenvalue weighted by atomic mass is 16.7. The average molecular weight is 148 g/mol. The van der Waals surface area contributed by atoms with Crippen molar-refractivity contribution >= 4 is 0 Å². The number of rotatable bonds is 3. The van der Waals surface area contributed by atoms with Gasteiger partial charge in [0.25, 0.3) is 0 Å². The minimum atomic E-state index is -0.917. The van der Waals surface area contributed by atoms with Gasteiger partial charge in [0.15, 0.2) is 0 Å². The Balaban J connectivity index is 4.10. The Morgan fingerprint density at radius 2 is 1.70 bits per heavy atom. The molecule has 4 heteroatoms. The van der Waals surface area contributed by atoms with Crippen molar-refractivity contribution in [3.63, 3.8) is 0 Å². The predicted octanol–water partition coefficient (Wildman–Crippen LogP) is -0.0692. The lowest BCUT2D eigenvalue weighted by Gasteiger charge is -2.35. The van der Waals surface area contributed by atoms with Crippen LogP contribution in [0.5, 0.6) is 0 Å². The first-order valence-electron chi connectivity index (χ1n) is 3.17. The number of aliphatic hydroxyl groups is 1. The first-order chi connectivity index (χ1) is 4.31. The molecule has 0 bridgehead atoms. The van der Waals surface area contributed by atoms with Crippen molar-refractivity contribution in [2.24, 2.45) is 5.84 Å². The Bertz CT molecular complexity index is 107. The second-order valence-corrected chi connectivity index (χ2v) is 3.29. The SMILES string of the molecule is CC(C)(O)C(C)(C)ONN. The molecule has 0 spiro atoms. The van der Waals surface area contributed by atoms with Gasteiger partial charge in [-0.3, -0.25) is 4.84 Å². The molecule has 0 heterocycles. The molecule has 0 atom stereocenters. The molecule has 4 N–H and O–H groups in total. The predicted molar refractivity (Wildman–Crippen MR) is 38.8 cm³/mol. The summed E-state index contributed by atoms with van der Waals surface area (Å²) < 4.78 is 0. The minimum Gasteiger partial charge on any atom is -0.387 e. The standard InChI is InChI=1S/C6H16N2O2/c1-5(2,9)6(3,4)10-8-7/h8-9H,7H2,1-4H3. The van der Waals surface area contributed by atoms with Gasteiger partial charge in [-0.2, -0.15) is 0 Å². The van der Waals surface area contributed by atoms with E-state index in [1.165, 1.54) is 0 Å². The first-order valence-corrected chi connectivity index (χ1v) is 3.17. The van der Waals surface area contributed by atoms with Crippen LogP contribution in [0.1, 0.15) is 27.7 Å². The van der Waals surface area contributed by atoms with Crippen LogP contribution in [0.2, 0.25) is 0 Å². The van der Waals surface area contributed by atoms with E-state index in [0.717, 1.165) is 0 Å². The summed E-state index contributed by atoms with van der Waals surface area (Å²) in [6, 6.07) is 0. The van der Waals surface area contributed by atoms with E-state index in [9.17, 15) is 5.11 Å². The number of nitrogens with two attached hydrogens (primary N) is 1. The van der Waals surface area contributed by atoms with Gasteiger partial charge in [0.2, 0.25) is 0 Å². The first kappa shape index (κ1) is 9.84. The fourth-order valence-electron chi connectivity index (χ4n) is 0.272. The van der Waals surface area contributed by atoms with Crippen LogP contribution in [-0.2, 0) is 4.84 Å². The highest BCUT2D eigenvalue weighted by molar-refractivity contribution is 4.86. The van der Waals surface area contributed by atoms with Crippen molar-refractivity contribution in [2.75, 3.05) is 0 Å². The number of hydrogen-bond donors (Lipinski definition) is 3. The lowest BCUT2D eigenvalue weighted by Crippen LogP contribution is -2.51. The van der Waals surface area contributed by atoms with Gasteiger partial charge in [-0.15, -0.1) is 5.59 Å². The van der Waals surface area contributed by atoms with Crippen molar-refractivity contribution in [3.05, 3.63) is 0 Å². The zero-order valence-electron chi connectivity index (χ0n) is 6.93. The molecule has 0 amide bonds. The highest BCUT2D eigenvalue weighted by Gasteiger charge is 2.36. The molecule has 0 rings (SSSR count). The van der Waals surface area contributed by atoms with Crippen molar-refractivity contribution in [1.82, 2.24) is 5.59 Å². The zero-order valence-corrected chi connectivity index (χ0v) is 6.93. The van der Waals surface area contributed by atoms with E-state index < -0.39 is 11.2 Å². The zero-order chi connectivity index (χ0) is 8.41. The summed E-state index contributed by atoms with van der Waals surface area (Å²) in [5.41, 5.74) is 0.445. The molecular formula is C6H16N2O2. The smallest absolute Gasteiger partial charge is 0.114 e. The van der Waals surface area contributed by atoms with Crippen LogP contribution < -0.4 is 11.4 Å². The normalized spacial score (nSPS) is 13.8. The fraction of sp³-hybridized carbons (Fsp3) is 1.00. The van der Waals surface area contributed by atoms with Gasteiger partial charge in [-0.25, -0.2) is 5.84 Å². The molecule has 0 fully saturated rings. The molecular weight excluding hydrogens is 132 g/mol. The van der Waals surface area contributed by atoms with E-state index in [4.69, 9.17) is 10.7 Å². The third-order valence-corrected chi connectivity index (χ3v) is 1.79. The molecule has 10 heavy (non-hydrogen) atoms. The van der Waals surface area contributed by atoms with E-state index in [0.29, 0.717) is 0 Å².